The van der Waals surface area contributed by atoms with Crippen LogP contribution < -0.4 is 10.6 Å². The molecule has 4 heteroatoms. The van der Waals surface area contributed by atoms with Crippen LogP contribution in [0.4, 0.5) is 5.69 Å². The summed E-state index contributed by atoms with van der Waals surface area (Å²) in [5.41, 5.74) is 8.90. The Balaban J connectivity index is 2.36. The SMILES string of the molecule is CCN(Cc1ccccc1)c1cc(Cl)ccc1C(N)=S. The van der Waals surface area contributed by atoms with Crippen molar-refractivity contribution in [3.05, 3.63) is 64.7 Å². The molecule has 0 heterocycles. The Labute approximate surface area is 130 Å². The Morgan fingerprint density at radius 1 is 1.20 bits per heavy atom. The van der Waals surface area contributed by atoms with Crippen LogP contribution in [0.3, 0.4) is 0 Å². The maximum atomic E-state index is 6.11. The summed E-state index contributed by atoms with van der Waals surface area (Å²) in [6, 6.07) is 15.9. The van der Waals surface area contributed by atoms with Gasteiger partial charge in [0.1, 0.15) is 4.99 Å². The fourth-order valence-corrected chi connectivity index (χ4v) is 2.48. The molecule has 0 saturated carbocycles. The van der Waals surface area contributed by atoms with Crippen molar-refractivity contribution < 1.29 is 0 Å². The molecule has 0 atom stereocenters. The van der Waals surface area contributed by atoms with E-state index in [1.54, 1.807) is 0 Å². The quantitative estimate of drug-likeness (QED) is 0.847. The third-order valence-electron chi connectivity index (χ3n) is 3.16. The Hall–Kier alpha value is -1.58. The number of anilines is 1. The number of nitrogens with two attached hydrogens (primary N) is 1. The Morgan fingerprint density at radius 2 is 1.90 bits per heavy atom. The van der Waals surface area contributed by atoms with Gasteiger partial charge < -0.3 is 10.6 Å². The molecule has 20 heavy (non-hydrogen) atoms. The number of benzene rings is 2. The number of rotatable bonds is 5. The van der Waals surface area contributed by atoms with Crippen LogP contribution in [0, 0.1) is 0 Å². The van der Waals surface area contributed by atoms with E-state index in [9.17, 15) is 0 Å². The molecule has 0 aliphatic heterocycles. The van der Waals surface area contributed by atoms with Crippen LogP contribution in [0.2, 0.25) is 5.02 Å². The summed E-state index contributed by atoms with van der Waals surface area (Å²) >= 11 is 11.2. The van der Waals surface area contributed by atoms with Crippen LogP contribution in [-0.4, -0.2) is 11.5 Å². The van der Waals surface area contributed by atoms with Crippen LogP contribution >= 0.6 is 23.8 Å². The van der Waals surface area contributed by atoms with E-state index in [2.05, 4.69) is 24.0 Å². The van der Waals surface area contributed by atoms with E-state index in [1.807, 2.05) is 36.4 Å². The predicted molar refractivity (Wildman–Crippen MR) is 90.5 cm³/mol. The van der Waals surface area contributed by atoms with Crippen molar-refractivity contribution in [2.24, 2.45) is 5.73 Å². The van der Waals surface area contributed by atoms with Gasteiger partial charge in [-0.1, -0.05) is 54.2 Å². The molecular weight excluding hydrogens is 288 g/mol. The van der Waals surface area contributed by atoms with Crippen LogP contribution in [0.1, 0.15) is 18.1 Å². The summed E-state index contributed by atoms with van der Waals surface area (Å²) in [6.45, 7) is 3.76. The first-order chi connectivity index (χ1) is 9.61. The van der Waals surface area contributed by atoms with Gasteiger partial charge in [0.2, 0.25) is 0 Å². The minimum atomic E-state index is 0.392. The van der Waals surface area contributed by atoms with Gasteiger partial charge in [-0.3, -0.25) is 0 Å². The van der Waals surface area contributed by atoms with Crippen molar-refractivity contribution in [1.29, 1.82) is 0 Å². The van der Waals surface area contributed by atoms with E-state index in [1.165, 1.54) is 5.56 Å². The first-order valence-corrected chi connectivity index (χ1v) is 7.28. The first-order valence-electron chi connectivity index (χ1n) is 6.50. The van der Waals surface area contributed by atoms with E-state index in [0.717, 1.165) is 24.3 Å². The Kier molecular flexibility index (Phi) is 4.99. The van der Waals surface area contributed by atoms with Gasteiger partial charge in [-0.05, 0) is 30.7 Å². The van der Waals surface area contributed by atoms with Gasteiger partial charge in [0.15, 0.2) is 0 Å². The largest absolute Gasteiger partial charge is 0.389 e. The summed E-state index contributed by atoms with van der Waals surface area (Å²) in [5.74, 6) is 0. The maximum Gasteiger partial charge on any atom is 0.106 e. The predicted octanol–water partition coefficient (Wildman–Crippen LogP) is 4.00. The molecule has 0 aromatic heterocycles. The molecule has 0 aliphatic carbocycles. The van der Waals surface area contributed by atoms with Crippen LogP contribution in [-0.2, 0) is 6.54 Å². The molecule has 0 amide bonds. The molecular formula is C16H17ClN2S. The molecule has 0 bridgehead atoms. The smallest absolute Gasteiger partial charge is 0.106 e. The maximum absolute atomic E-state index is 6.11. The molecule has 2 N–H and O–H groups in total. The normalized spacial score (nSPS) is 10.3. The fraction of sp³-hybridized carbons (Fsp3) is 0.188. The monoisotopic (exact) mass is 304 g/mol. The Morgan fingerprint density at radius 3 is 2.50 bits per heavy atom. The second-order valence-electron chi connectivity index (χ2n) is 4.53. The van der Waals surface area contributed by atoms with Gasteiger partial charge in [0.25, 0.3) is 0 Å². The molecule has 0 saturated heterocycles. The molecule has 0 radical (unpaired) electrons. The molecule has 0 spiro atoms. The lowest BCUT2D eigenvalue weighted by atomic mass is 10.1. The van der Waals surface area contributed by atoms with E-state index in [4.69, 9.17) is 29.6 Å². The third-order valence-corrected chi connectivity index (χ3v) is 3.62. The summed E-state index contributed by atoms with van der Waals surface area (Å²) in [5, 5.41) is 0.687. The lowest BCUT2D eigenvalue weighted by Crippen LogP contribution is -2.25. The summed E-state index contributed by atoms with van der Waals surface area (Å²) in [4.78, 5) is 2.61. The van der Waals surface area contributed by atoms with Crippen LogP contribution in [0.15, 0.2) is 48.5 Å². The number of hydrogen-bond acceptors (Lipinski definition) is 2. The zero-order valence-corrected chi connectivity index (χ0v) is 12.9. The Bertz CT molecular complexity index is 599. The minimum Gasteiger partial charge on any atom is -0.389 e. The molecule has 0 fully saturated rings. The molecule has 0 aliphatic rings. The van der Waals surface area contributed by atoms with Crippen molar-refractivity contribution >= 4 is 34.5 Å². The summed E-state index contributed by atoms with van der Waals surface area (Å²) in [6.07, 6.45) is 0. The first kappa shape index (κ1) is 14.8. The minimum absolute atomic E-state index is 0.392. The van der Waals surface area contributed by atoms with Gasteiger partial charge in [-0.15, -0.1) is 0 Å². The van der Waals surface area contributed by atoms with Crippen molar-refractivity contribution in [3.8, 4) is 0 Å². The second kappa shape index (κ2) is 6.73. The lowest BCUT2D eigenvalue weighted by molar-refractivity contribution is 0.831. The lowest BCUT2D eigenvalue weighted by Gasteiger charge is -2.26. The summed E-state index contributed by atoms with van der Waals surface area (Å²) < 4.78 is 0. The average molecular weight is 305 g/mol. The van der Waals surface area contributed by atoms with Gasteiger partial charge in [-0.2, -0.15) is 0 Å². The standard InChI is InChI=1S/C16H17ClN2S/c1-2-19(11-12-6-4-3-5-7-12)15-10-13(17)8-9-14(15)16(18)20/h3-10H,2,11H2,1H3,(H2,18,20). The molecule has 2 nitrogen and oxygen atoms in total. The highest BCUT2D eigenvalue weighted by atomic mass is 35.5. The molecule has 2 aromatic rings. The van der Waals surface area contributed by atoms with Gasteiger partial charge in [0.05, 0.1) is 0 Å². The summed E-state index contributed by atoms with van der Waals surface area (Å²) in [7, 11) is 0. The van der Waals surface area contributed by atoms with Crippen molar-refractivity contribution in [2.75, 3.05) is 11.4 Å². The third kappa shape index (κ3) is 3.50. The number of thiocarbonyl (C=S) groups is 1. The van der Waals surface area contributed by atoms with Gasteiger partial charge >= 0.3 is 0 Å². The number of nitrogens with zero attached hydrogens (tertiary/aromatic N) is 1. The zero-order valence-electron chi connectivity index (χ0n) is 11.3. The van der Waals surface area contributed by atoms with Crippen molar-refractivity contribution in [1.82, 2.24) is 0 Å². The average Bonchev–Trinajstić information content (AvgIpc) is 2.45. The highest BCUT2D eigenvalue weighted by molar-refractivity contribution is 7.80. The van der Waals surface area contributed by atoms with Gasteiger partial charge in [0, 0.05) is 29.4 Å². The highest BCUT2D eigenvalue weighted by Crippen LogP contribution is 2.26. The fourth-order valence-electron chi connectivity index (χ4n) is 2.15. The zero-order chi connectivity index (χ0) is 14.5. The van der Waals surface area contributed by atoms with E-state index in [0.29, 0.717) is 10.0 Å². The van der Waals surface area contributed by atoms with Gasteiger partial charge in [-0.25, -0.2) is 0 Å². The van der Waals surface area contributed by atoms with Crippen molar-refractivity contribution in [3.63, 3.8) is 0 Å². The van der Waals surface area contributed by atoms with E-state index < -0.39 is 0 Å². The highest BCUT2D eigenvalue weighted by Gasteiger charge is 2.12. The number of hydrogen-bond donors (Lipinski definition) is 1. The second-order valence-corrected chi connectivity index (χ2v) is 5.40. The molecule has 2 aromatic carbocycles. The molecule has 0 unspecified atom stereocenters. The van der Waals surface area contributed by atoms with E-state index in [-0.39, 0.29) is 0 Å². The topological polar surface area (TPSA) is 29.3 Å². The molecule has 2 rings (SSSR count). The number of halogens is 1. The van der Waals surface area contributed by atoms with Crippen LogP contribution in [0.25, 0.3) is 0 Å². The van der Waals surface area contributed by atoms with Crippen LogP contribution in [0.5, 0.6) is 0 Å². The van der Waals surface area contributed by atoms with E-state index >= 15 is 0 Å². The molecule has 104 valence electrons. The van der Waals surface area contributed by atoms with Crippen molar-refractivity contribution in [2.45, 2.75) is 13.5 Å².